The van der Waals surface area contributed by atoms with Gasteiger partial charge in [0.05, 0.1) is 5.56 Å². The Bertz CT molecular complexity index is 980. The quantitative estimate of drug-likeness (QED) is 0.710. The maximum Gasteiger partial charge on any atom is 0.373 e. The first-order chi connectivity index (χ1) is 11.1. The molecule has 0 atom stereocenters. The number of carboxylic acids is 2. The van der Waals surface area contributed by atoms with Gasteiger partial charge >= 0.3 is 11.9 Å². The van der Waals surface area contributed by atoms with Crippen molar-refractivity contribution in [1.82, 2.24) is 0 Å². The number of rotatable bonds is 2. The topological polar surface area (TPSA) is 87.7 Å². The molecule has 0 bridgehead atoms. The van der Waals surface area contributed by atoms with Gasteiger partial charge in [0.15, 0.2) is 0 Å². The van der Waals surface area contributed by atoms with E-state index < -0.39 is 23.5 Å². The lowest BCUT2D eigenvalue weighted by Gasteiger charge is -1.99. The second-order valence-electron chi connectivity index (χ2n) is 4.74. The number of fused-ring (bicyclic) bond motifs is 1. The summed E-state index contributed by atoms with van der Waals surface area (Å²) in [7, 11) is 0. The van der Waals surface area contributed by atoms with Crippen molar-refractivity contribution >= 4 is 22.7 Å². The highest BCUT2D eigenvalue weighted by atomic mass is 16.4. The monoisotopic (exact) mass is 306 g/mol. The molecule has 112 valence electrons. The van der Waals surface area contributed by atoms with Crippen molar-refractivity contribution in [3.05, 3.63) is 71.2 Å². The number of benzene rings is 2. The molecular weight excluding hydrogens is 296 g/mol. The largest absolute Gasteiger partial charge is 0.475 e. The maximum atomic E-state index is 11.1. The summed E-state index contributed by atoms with van der Waals surface area (Å²) in [4.78, 5) is 22.0. The number of carboxylic acid groups (broad SMARTS) is 2. The molecule has 0 amide bonds. The third-order valence-electron chi connectivity index (χ3n) is 3.26. The molecule has 1 heterocycles. The first kappa shape index (κ1) is 14.4. The summed E-state index contributed by atoms with van der Waals surface area (Å²) in [6.45, 7) is 0. The number of furan rings is 1. The molecule has 0 saturated heterocycles. The van der Waals surface area contributed by atoms with Crippen LogP contribution in [0.2, 0.25) is 0 Å². The van der Waals surface area contributed by atoms with Crippen LogP contribution in [0.15, 0.2) is 52.9 Å². The van der Waals surface area contributed by atoms with E-state index in [-0.39, 0.29) is 5.56 Å². The Morgan fingerprint density at radius 1 is 0.870 bits per heavy atom. The summed E-state index contributed by atoms with van der Waals surface area (Å²) in [5.74, 6) is 1.94. The van der Waals surface area contributed by atoms with E-state index in [1.54, 1.807) is 0 Å². The highest BCUT2D eigenvalue weighted by Gasteiger charge is 2.19. The Hall–Kier alpha value is -3.52. The highest BCUT2D eigenvalue weighted by molar-refractivity contribution is 5.92. The number of hydrogen-bond donors (Lipinski definition) is 2. The number of hydrogen-bond acceptors (Lipinski definition) is 3. The summed E-state index contributed by atoms with van der Waals surface area (Å²) in [6, 6.07) is 14.4. The van der Waals surface area contributed by atoms with Gasteiger partial charge in [0.2, 0.25) is 11.5 Å². The standard InChI is InChI=1S/C18H10O5/c19-17(20)15-10-13(16(23-15)18(21)22)9-8-12-6-3-5-11-4-1-2-7-14(11)12/h1-7,10H,(H,19,20)(H,21,22). The smallest absolute Gasteiger partial charge is 0.373 e. The van der Waals surface area contributed by atoms with Gasteiger partial charge in [-0.1, -0.05) is 48.2 Å². The molecule has 3 rings (SSSR count). The van der Waals surface area contributed by atoms with Gasteiger partial charge < -0.3 is 14.6 Å². The van der Waals surface area contributed by atoms with Crippen molar-refractivity contribution in [1.29, 1.82) is 0 Å². The van der Waals surface area contributed by atoms with Gasteiger partial charge in [-0.15, -0.1) is 0 Å². The molecule has 1 aromatic heterocycles. The lowest BCUT2D eigenvalue weighted by atomic mass is 10.0. The van der Waals surface area contributed by atoms with Crippen LogP contribution in [0.3, 0.4) is 0 Å². The van der Waals surface area contributed by atoms with Crippen LogP contribution in [0.4, 0.5) is 0 Å². The van der Waals surface area contributed by atoms with Gasteiger partial charge in [0.25, 0.3) is 0 Å². The van der Waals surface area contributed by atoms with E-state index in [9.17, 15) is 9.59 Å². The van der Waals surface area contributed by atoms with Crippen LogP contribution in [-0.4, -0.2) is 22.2 Å². The van der Waals surface area contributed by atoms with Crippen molar-refractivity contribution in [2.24, 2.45) is 0 Å². The van der Waals surface area contributed by atoms with Crippen LogP contribution in [0, 0.1) is 11.8 Å². The summed E-state index contributed by atoms with van der Waals surface area (Å²) in [5.41, 5.74) is 0.750. The zero-order valence-electron chi connectivity index (χ0n) is 11.7. The third-order valence-corrected chi connectivity index (χ3v) is 3.26. The van der Waals surface area contributed by atoms with E-state index in [4.69, 9.17) is 14.6 Å². The Balaban J connectivity index is 2.11. The predicted molar refractivity (Wildman–Crippen MR) is 82.6 cm³/mol. The summed E-state index contributed by atoms with van der Waals surface area (Å²) >= 11 is 0. The maximum absolute atomic E-state index is 11.1. The Kier molecular flexibility index (Phi) is 3.57. The highest BCUT2D eigenvalue weighted by Crippen LogP contribution is 2.19. The van der Waals surface area contributed by atoms with Crippen LogP contribution < -0.4 is 0 Å². The average Bonchev–Trinajstić information content (AvgIpc) is 2.97. The fourth-order valence-corrected chi connectivity index (χ4v) is 2.22. The van der Waals surface area contributed by atoms with E-state index in [2.05, 4.69) is 11.8 Å². The van der Waals surface area contributed by atoms with Gasteiger partial charge in [-0.3, -0.25) is 0 Å². The molecule has 23 heavy (non-hydrogen) atoms. The van der Waals surface area contributed by atoms with Crippen molar-refractivity contribution < 1.29 is 24.2 Å². The van der Waals surface area contributed by atoms with Gasteiger partial charge in [0.1, 0.15) is 0 Å². The second kappa shape index (κ2) is 5.70. The fraction of sp³-hybridized carbons (Fsp3) is 0. The third kappa shape index (κ3) is 2.78. The number of carbonyl (C=O) groups is 2. The molecule has 2 N–H and O–H groups in total. The minimum atomic E-state index is -1.36. The predicted octanol–water partition coefficient (Wildman–Crippen LogP) is 3.23. The van der Waals surface area contributed by atoms with Crippen LogP contribution >= 0.6 is 0 Å². The lowest BCUT2D eigenvalue weighted by molar-refractivity contribution is 0.0631. The zero-order chi connectivity index (χ0) is 16.4. The number of aromatic carboxylic acids is 2. The zero-order valence-corrected chi connectivity index (χ0v) is 11.7. The van der Waals surface area contributed by atoms with E-state index in [1.165, 1.54) is 0 Å². The van der Waals surface area contributed by atoms with Crippen molar-refractivity contribution in [3.63, 3.8) is 0 Å². The Labute approximate surface area is 130 Å². The minimum absolute atomic E-state index is 0.0304. The average molecular weight is 306 g/mol. The molecule has 0 fully saturated rings. The SMILES string of the molecule is O=C(O)c1cc(C#Cc2cccc3ccccc23)c(C(=O)O)o1. The van der Waals surface area contributed by atoms with E-state index in [0.717, 1.165) is 22.4 Å². The summed E-state index contributed by atoms with van der Waals surface area (Å²) in [6.07, 6.45) is 0. The first-order valence-corrected chi connectivity index (χ1v) is 6.66. The Morgan fingerprint density at radius 2 is 1.57 bits per heavy atom. The molecule has 5 heteroatoms. The first-order valence-electron chi connectivity index (χ1n) is 6.66. The normalized spacial score (nSPS) is 10.1. The van der Waals surface area contributed by atoms with Crippen molar-refractivity contribution in [2.75, 3.05) is 0 Å². The van der Waals surface area contributed by atoms with Crippen LogP contribution in [0.1, 0.15) is 32.2 Å². The molecule has 0 spiro atoms. The van der Waals surface area contributed by atoms with Crippen molar-refractivity contribution in [2.45, 2.75) is 0 Å². The molecule has 0 saturated carbocycles. The molecule has 0 radical (unpaired) electrons. The van der Waals surface area contributed by atoms with Crippen LogP contribution in [-0.2, 0) is 0 Å². The van der Waals surface area contributed by atoms with E-state index in [0.29, 0.717) is 0 Å². The molecule has 3 aromatic rings. The molecule has 5 nitrogen and oxygen atoms in total. The molecule has 0 unspecified atom stereocenters. The van der Waals surface area contributed by atoms with E-state index in [1.807, 2.05) is 42.5 Å². The van der Waals surface area contributed by atoms with Gasteiger partial charge in [-0.2, -0.15) is 0 Å². The van der Waals surface area contributed by atoms with Gasteiger partial charge in [0, 0.05) is 11.6 Å². The lowest BCUT2D eigenvalue weighted by Crippen LogP contribution is -1.96. The van der Waals surface area contributed by atoms with Crippen LogP contribution in [0.5, 0.6) is 0 Å². The summed E-state index contributed by atoms with van der Waals surface area (Å²) < 4.78 is 4.81. The Morgan fingerprint density at radius 3 is 2.30 bits per heavy atom. The van der Waals surface area contributed by atoms with Gasteiger partial charge in [-0.25, -0.2) is 9.59 Å². The molecule has 2 aromatic carbocycles. The van der Waals surface area contributed by atoms with Crippen molar-refractivity contribution in [3.8, 4) is 11.8 Å². The fourth-order valence-electron chi connectivity index (χ4n) is 2.22. The molecule has 0 aliphatic rings. The molecule has 0 aliphatic carbocycles. The van der Waals surface area contributed by atoms with E-state index >= 15 is 0 Å². The molecular formula is C18H10O5. The second-order valence-corrected chi connectivity index (χ2v) is 4.74. The summed E-state index contributed by atoms with van der Waals surface area (Å²) in [5, 5.41) is 19.9. The van der Waals surface area contributed by atoms with Crippen LogP contribution in [0.25, 0.3) is 10.8 Å². The minimum Gasteiger partial charge on any atom is -0.475 e. The van der Waals surface area contributed by atoms with Gasteiger partial charge in [-0.05, 0) is 16.8 Å². The molecule has 0 aliphatic heterocycles.